The van der Waals surface area contributed by atoms with Gasteiger partial charge in [-0.05, 0) is 25.1 Å². The minimum absolute atomic E-state index is 0.175. The summed E-state index contributed by atoms with van der Waals surface area (Å²) in [7, 11) is -2.03. The Kier molecular flexibility index (Phi) is 6.01. The summed E-state index contributed by atoms with van der Waals surface area (Å²) < 4.78 is 24.6. The predicted molar refractivity (Wildman–Crippen MR) is 85.6 cm³/mol. The molecule has 0 fully saturated rings. The largest absolute Gasteiger partial charge is 0.374 e. The highest BCUT2D eigenvalue weighted by atomic mass is 35.5. The smallest absolute Gasteiger partial charge is 0.321 e. The van der Waals surface area contributed by atoms with E-state index in [0.29, 0.717) is 5.69 Å². The standard InChI is InChI=1S/C12H17ClN4O4S/c1-7(11(18)16-12(19)14-2)15-8-4-5-10(9(13)6-8)17-22(3,20)21/h4-7,15,17H,1-3H3,(H2,14,16,18,19)/t7-/m1/s1. The number of sulfonamides is 1. The Balaban J connectivity index is 2.77. The molecule has 122 valence electrons. The van der Waals surface area contributed by atoms with Crippen LogP contribution < -0.4 is 20.7 Å². The molecule has 10 heteroatoms. The number of halogens is 1. The summed E-state index contributed by atoms with van der Waals surface area (Å²) in [5, 5.41) is 7.42. The van der Waals surface area contributed by atoms with Gasteiger partial charge in [0.1, 0.15) is 6.04 Å². The van der Waals surface area contributed by atoms with E-state index in [0.717, 1.165) is 6.26 Å². The van der Waals surface area contributed by atoms with E-state index in [1.165, 1.54) is 19.2 Å². The summed E-state index contributed by atoms with van der Waals surface area (Å²) in [6.45, 7) is 1.56. The van der Waals surface area contributed by atoms with E-state index in [4.69, 9.17) is 11.6 Å². The molecule has 3 amide bonds. The van der Waals surface area contributed by atoms with Crippen LogP contribution in [-0.4, -0.2) is 39.7 Å². The SMILES string of the molecule is CNC(=O)NC(=O)[C@@H](C)Nc1ccc(NS(C)(=O)=O)c(Cl)c1. The number of carbonyl (C=O) groups is 2. The van der Waals surface area contributed by atoms with E-state index in [1.807, 2.05) is 0 Å². The Hall–Kier alpha value is -2.00. The van der Waals surface area contributed by atoms with Crippen LogP contribution in [0.4, 0.5) is 16.2 Å². The van der Waals surface area contributed by atoms with Crippen LogP contribution in [-0.2, 0) is 14.8 Å². The van der Waals surface area contributed by atoms with Gasteiger partial charge in [0.25, 0.3) is 0 Å². The van der Waals surface area contributed by atoms with Crippen LogP contribution in [0.5, 0.6) is 0 Å². The van der Waals surface area contributed by atoms with E-state index in [1.54, 1.807) is 13.0 Å². The van der Waals surface area contributed by atoms with Crippen molar-refractivity contribution >= 4 is 44.9 Å². The molecule has 4 N–H and O–H groups in total. The fraction of sp³-hybridized carbons (Fsp3) is 0.333. The number of hydrogen-bond donors (Lipinski definition) is 4. The Morgan fingerprint density at radius 1 is 1.27 bits per heavy atom. The minimum atomic E-state index is -3.43. The van der Waals surface area contributed by atoms with Gasteiger partial charge in [0.05, 0.1) is 17.0 Å². The van der Waals surface area contributed by atoms with Gasteiger partial charge in [0.15, 0.2) is 0 Å². The third-order valence-electron chi connectivity index (χ3n) is 2.50. The van der Waals surface area contributed by atoms with Gasteiger partial charge in [-0.25, -0.2) is 13.2 Å². The van der Waals surface area contributed by atoms with Crippen molar-refractivity contribution in [2.24, 2.45) is 0 Å². The van der Waals surface area contributed by atoms with Crippen LogP contribution in [0.15, 0.2) is 18.2 Å². The average molecular weight is 349 g/mol. The number of benzene rings is 1. The van der Waals surface area contributed by atoms with Crippen LogP contribution in [0.2, 0.25) is 5.02 Å². The van der Waals surface area contributed by atoms with Crippen LogP contribution >= 0.6 is 11.6 Å². The number of urea groups is 1. The van der Waals surface area contributed by atoms with Crippen LogP contribution in [0.3, 0.4) is 0 Å². The van der Waals surface area contributed by atoms with Crippen LogP contribution in [0.25, 0.3) is 0 Å². The first-order valence-electron chi connectivity index (χ1n) is 6.19. The Labute approximate surface area is 133 Å². The summed E-state index contributed by atoms with van der Waals surface area (Å²) >= 11 is 5.97. The second kappa shape index (κ2) is 7.32. The predicted octanol–water partition coefficient (Wildman–Crippen LogP) is 0.967. The molecule has 0 aliphatic heterocycles. The third-order valence-corrected chi connectivity index (χ3v) is 3.41. The molecule has 0 spiro atoms. The number of rotatable bonds is 5. The summed E-state index contributed by atoms with van der Waals surface area (Å²) in [6, 6.07) is 3.20. The average Bonchev–Trinajstić information content (AvgIpc) is 2.40. The molecule has 0 saturated carbocycles. The Bertz CT molecular complexity index is 678. The molecule has 1 atom stereocenters. The van der Waals surface area contributed by atoms with E-state index in [9.17, 15) is 18.0 Å². The maximum absolute atomic E-state index is 11.7. The summed E-state index contributed by atoms with van der Waals surface area (Å²) in [4.78, 5) is 22.8. The first-order chi connectivity index (χ1) is 10.1. The number of anilines is 2. The molecule has 0 aliphatic carbocycles. The van der Waals surface area contributed by atoms with E-state index in [2.05, 4.69) is 20.7 Å². The summed E-state index contributed by atoms with van der Waals surface area (Å²) in [5.74, 6) is -0.520. The molecule has 0 bridgehead atoms. The van der Waals surface area contributed by atoms with Gasteiger partial charge in [-0.15, -0.1) is 0 Å². The lowest BCUT2D eigenvalue weighted by molar-refractivity contribution is -0.120. The molecule has 0 heterocycles. The second-order valence-corrected chi connectivity index (χ2v) is 6.66. The number of nitrogens with one attached hydrogen (secondary N) is 4. The van der Waals surface area contributed by atoms with Gasteiger partial charge in [-0.2, -0.15) is 0 Å². The van der Waals surface area contributed by atoms with Crippen molar-refractivity contribution < 1.29 is 18.0 Å². The van der Waals surface area contributed by atoms with Crippen LogP contribution in [0.1, 0.15) is 6.92 Å². The van der Waals surface area contributed by atoms with E-state index >= 15 is 0 Å². The molecule has 1 aromatic carbocycles. The molecule has 0 saturated heterocycles. The molecule has 8 nitrogen and oxygen atoms in total. The molecular formula is C12H17ClN4O4S. The molecule has 0 unspecified atom stereocenters. The maximum Gasteiger partial charge on any atom is 0.321 e. The first-order valence-corrected chi connectivity index (χ1v) is 8.46. The zero-order valence-corrected chi connectivity index (χ0v) is 13.8. The molecule has 0 aliphatic rings. The van der Waals surface area contributed by atoms with Crippen molar-refractivity contribution in [3.63, 3.8) is 0 Å². The van der Waals surface area contributed by atoms with Crippen molar-refractivity contribution in [2.75, 3.05) is 23.3 Å². The lowest BCUT2D eigenvalue weighted by Crippen LogP contribution is -2.44. The van der Waals surface area contributed by atoms with Gasteiger partial charge >= 0.3 is 6.03 Å². The highest BCUT2D eigenvalue weighted by Gasteiger charge is 2.15. The zero-order chi connectivity index (χ0) is 16.9. The fourth-order valence-electron chi connectivity index (χ4n) is 1.49. The Morgan fingerprint density at radius 3 is 2.41 bits per heavy atom. The van der Waals surface area contributed by atoms with Gasteiger partial charge in [0, 0.05) is 12.7 Å². The lowest BCUT2D eigenvalue weighted by atomic mass is 10.2. The monoisotopic (exact) mass is 348 g/mol. The lowest BCUT2D eigenvalue weighted by Gasteiger charge is -2.15. The maximum atomic E-state index is 11.7. The third kappa shape index (κ3) is 5.78. The molecule has 1 aromatic rings. The van der Waals surface area contributed by atoms with Gasteiger partial charge in [-0.1, -0.05) is 11.6 Å². The highest BCUT2D eigenvalue weighted by Crippen LogP contribution is 2.26. The summed E-state index contributed by atoms with van der Waals surface area (Å²) in [6.07, 6.45) is 1.01. The van der Waals surface area contributed by atoms with Crippen molar-refractivity contribution in [3.05, 3.63) is 23.2 Å². The van der Waals surface area contributed by atoms with Crippen LogP contribution in [0, 0.1) is 0 Å². The molecule has 0 radical (unpaired) electrons. The highest BCUT2D eigenvalue weighted by molar-refractivity contribution is 7.92. The normalized spacial score (nSPS) is 12.2. The van der Waals surface area contributed by atoms with Crippen molar-refractivity contribution in [2.45, 2.75) is 13.0 Å². The topological polar surface area (TPSA) is 116 Å². The first kappa shape index (κ1) is 18.1. The molecule has 1 rings (SSSR count). The van der Waals surface area contributed by atoms with E-state index in [-0.39, 0.29) is 10.7 Å². The Morgan fingerprint density at radius 2 is 1.91 bits per heavy atom. The van der Waals surface area contributed by atoms with Crippen molar-refractivity contribution in [1.82, 2.24) is 10.6 Å². The van der Waals surface area contributed by atoms with Gasteiger partial charge in [-0.3, -0.25) is 14.8 Å². The quantitative estimate of drug-likeness (QED) is 0.632. The molecule has 0 aromatic heterocycles. The van der Waals surface area contributed by atoms with Crippen molar-refractivity contribution in [1.29, 1.82) is 0 Å². The fourth-order valence-corrected chi connectivity index (χ4v) is 2.35. The second-order valence-electron chi connectivity index (χ2n) is 4.50. The number of carbonyl (C=O) groups excluding carboxylic acids is 2. The minimum Gasteiger partial charge on any atom is -0.374 e. The van der Waals surface area contributed by atoms with Gasteiger partial charge < -0.3 is 10.6 Å². The zero-order valence-electron chi connectivity index (χ0n) is 12.2. The number of imide groups is 1. The number of amides is 3. The molecule has 22 heavy (non-hydrogen) atoms. The summed E-state index contributed by atoms with van der Waals surface area (Å²) in [5.41, 5.74) is 0.737. The number of hydrogen-bond acceptors (Lipinski definition) is 5. The van der Waals surface area contributed by atoms with Crippen molar-refractivity contribution in [3.8, 4) is 0 Å². The molecular weight excluding hydrogens is 332 g/mol. The van der Waals surface area contributed by atoms with Gasteiger partial charge in [0.2, 0.25) is 15.9 Å². The van der Waals surface area contributed by atoms with E-state index < -0.39 is 28.0 Å².